The summed E-state index contributed by atoms with van der Waals surface area (Å²) in [5.74, 6) is 0.776. The predicted molar refractivity (Wildman–Crippen MR) is 60.5 cm³/mol. The van der Waals surface area contributed by atoms with E-state index in [4.69, 9.17) is 5.73 Å². The lowest BCUT2D eigenvalue weighted by molar-refractivity contribution is -0.137. The van der Waals surface area contributed by atoms with Gasteiger partial charge in [-0.05, 0) is 18.3 Å². The fourth-order valence-corrected chi connectivity index (χ4v) is 3.35. The Labute approximate surface area is 102 Å². The minimum Gasteiger partial charge on any atom is -0.323 e. The predicted octanol–water partition coefficient (Wildman–Crippen LogP) is 3.60. The summed E-state index contributed by atoms with van der Waals surface area (Å²) < 4.78 is 37.3. The second kappa shape index (κ2) is 4.57. The van der Waals surface area contributed by atoms with E-state index in [-0.39, 0.29) is 12.0 Å². The van der Waals surface area contributed by atoms with Gasteiger partial charge in [0.2, 0.25) is 0 Å². The van der Waals surface area contributed by atoms with Gasteiger partial charge in [0.1, 0.15) is 0 Å². The first-order valence-electron chi connectivity index (χ1n) is 5.68. The van der Waals surface area contributed by atoms with E-state index in [0.29, 0.717) is 22.1 Å². The van der Waals surface area contributed by atoms with Gasteiger partial charge in [-0.1, -0.05) is 19.8 Å². The Balaban J connectivity index is 2.14. The molecule has 0 amide bonds. The molecule has 1 heterocycles. The zero-order valence-corrected chi connectivity index (χ0v) is 10.3. The fourth-order valence-electron chi connectivity index (χ4n) is 2.49. The quantitative estimate of drug-likeness (QED) is 0.886. The van der Waals surface area contributed by atoms with Crippen molar-refractivity contribution in [1.29, 1.82) is 0 Å². The van der Waals surface area contributed by atoms with E-state index >= 15 is 0 Å². The van der Waals surface area contributed by atoms with Gasteiger partial charge in [0, 0.05) is 17.1 Å². The zero-order valence-electron chi connectivity index (χ0n) is 9.50. The fraction of sp³-hybridized carbons (Fsp3) is 0.727. The van der Waals surface area contributed by atoms with Crippen LogP contribution in [0.25, 0.3) is 0 Å². The molecule has 1 saturated carbocycles. The smallest absolute Gasteiger partial charge is 0.323 e. The van der Waals surface area contributed by atoms with E-state index in [1.54, 1.807) is 0 Å². The molecule has 3 atom stereocenters. The summed E-state index contributed by atoms with van der Waals surface area (Å²) in [6, 6.07) is -0.305. The topological polar surface area (TPSA) is 38.9 Å². The zero-order chi connectivity index (χ0) is 12.6. The van der Waals surface area contributed by atoms with Crippen LogP contribution in [-0.4, -0.2) is 4.98 Å². The van der Waals surface area contributed by atoms with Crippen molar-refractivity contribution in [2.45, 2.75) is 38.4 Å². The van der Waals surface area contributed by atoms with Crippen LogP contribution in [0, 0.1) is 11.8 Å². The Hall–Kier alpha value is -0.620. The lowest BCUT2D eigenvalue weighted by atomic mass is 9.90. The number of hydrogen-bond donors (Lipinski definition) is 1. The van der Waals surface area contributed by atoms with Gasteiger partial charge in [0.05, 0.1) is 0 Å². The molecule has 1 aliphatic carbocycles. The molecule has 2 N–H and O–H groups in total. The van der Waals surface area contributed by atoms with Gasteiger partial charge >= 0.3 is 6.18 Å². The van der Waals surface area contributed by atoms with E-state index in [1.165, 1.54) is 6.20 Å². The van der Waals surface area contributed by atoms with Crippen LogP contribution in [0.15, 0.2) is 6.20 Å². The molecule has 3 unspecified atom stereocenters. The van der Waals surface area contributed by atoms with Crippen molar-refractivity contribution in [3.8, 4) is 0 Å². The van der Waals surface area contributed by atoms with Gasteiger partial charge in [0.25, 0.3) is 0 Å². The summed E-state index contributed by atoms with van der Waals surface area (Å²) in [6.07, 6.45) is 0.155. The van der Waals surface area contributed by atoms with Gasteiger partial charge in [-0.2, -0.15) is 13.2 Å². The molecule has 2 nitrogen and oxygen atoms in total. The van der Waals surface area contributed by atoms with Crippen molar-refractivity contribution < 1.29 is 13.2 Å². The standard InChI is InChI=1S/C11H15F3N2S/c1-6-3-2-4-7(6)9(15)8-5-16-10(17-8)11(12,13)14/h5-7,9H,2-4,15H2,1H3. The van der Waals surface area contributed by atoms with Crippen LogP contribution in [0.4, 0.5) is 13.2 Å². The molecule has 6 heteroatoms. The number of hydrogen-bond acceptors (Lipinski definition) is 3. The number of alkyl halides is 3. The van der Waals surface area contributed by atoms with Crippen molar-refractivity contribution in [2.24, 2.45) is 17.6 Å². The molecular weight excluding hydrogens is 249 g/mol. The molecule has 0 spiro atoms. The Bertz CT molecular complexity index is 388. The van der Waals surface area contributed by atoms with Gasteiger partial charge in [0.15, 0.2) is 5.01 Å². The van der Waals surface area contributed by atoms with Gasteiger partial charge in [-0.25, -0.2) is 4.98 Å². The molecule has 0 radical (unpaired) electrons. The lowest BCUT2D eigenvalue weighted by Gasteiger charge is -2.21. The molecule has 1 aromatic heterocycles. The van der Waals surface area contributed by atoms with E-state index in [1.807, 2.05) is 0 Å². The third kappa shape index (κ3) is 2.63. The maximum atomic E-state index is 12.4. The Morgan fingerprint density at radius 2 is 2.18 bits per heavy atom. The Morgan fingerprint density at radius 1 is 1.47 bits per heavy atom. The summed E-state index contributed by atoms with van der Waals surface area (Å²) in [6.45, 7) is 2.11. The van der Waals surface area contributed by atoms with Crippen molar-refractivity contribution in [3.63, 3.8) is 0 Å². The highest BCUT2D eigenvalue weighted by Crippen LogP contribution is 2.41. The average molecular weight is 264 g/mol. The number of halogens is 3. The summed E-state index contributed by atoms with van der Waals surface area (Å²) in [4.78, 5) is 3.97. The van der Waals surface area contributed by atoms with Crippen molar-refractivity contribution in [2.75, 3.05) is 0 Å². The molecule has 0 bridgehead atoms. The van der Waals surface area contributed by atoms with E-state index < -0.39 is 11.2 Å². The second-order valence-corrected chi connectivity index (χ2v) is 5.73. The minimum atomic E-state index is -4.36. The number of thiazole rings is 1. The van der Waals surface area contributed by atoms with Crippen LogP contribution in [0.5, 0.6) is 0 Å². The molecule has 2 rings (SSSR count). The molecule has 1 aromatic rings. The second-order valence-electron chi connectivity index (χ2n) is 4.66. The van der Waals surface area contributed by atoms with Crippen LogP contribution in [-0.2, 0) is 6.18 Å². The summed E-state index contributed by atoms with van der Waals surface area (Å²) in [5, 5.41) is -0.798. The minimum absolute atomic E-state index is 0.288. The number of rotatable bonds is 2. The molecule has 0 aliphatic heterocycles. The maximum absolute atomic E-state index is 12.4. The van der Waals surface area contributed by atoms with E-state index in [2.05, 4.69) is 11.9 Å². The molecule has 0 aromatic carbocycles. The van der Waals surface area contributed by atoms with E-state index in [9.17, 15) is 13.2 Å². The number of nitrogens with two attached hydrogens (primary N) is 1. The first-order valence-corrected chi connectivity index (χ1v) is 6.49. The van der Waals surface area contributed by atoms with Crippen LogP contribution >= 0.6 is 11.3 Å². The average Bonchev–Trinajstić information content (AvgIpc) is 2.83. The molecule has 1 aliphatic rings. The van der Waals surface area contributed by atoms with Crippen molar-refractivity contribution in [1.82, 2.24) is 4.98 Å². The van der Waals surface area contributed by atoms with Gasteiger partial charge in [-0.3, -0.25) is 0 Å². The molecule has 17 heavy (non-hydrogen) atoms. The van der Waals surface area contributed by atoms with Crippen LogP contribution in [0.3, 0.4) is 0 Å². The highest BCUT2D eigenvalue weighted by Gasteiger charge is 2.37. The molecule has 96 valence electrons. The molecule has 1 fully saturated rings. The number of aromatic nitrogens is 1. The monoisotopic (exact) mass is 264 g/mol. The highest BCUT2D eigenvalue weighted by molar-refractivity contribution is 7.11. The first-order chi connectivity index (χ1) is 7.89. The summed E-state index contributed by atoms with van der Waals surface area (Å²) >= 11 is 0.676. The first kappa shape index (κ1) is 12.8. The molecule has 0 saturated heterocycles. The maximum Gasteiger partial charge on any atom is 0.443 e. The van der Waals surface area contributed by atoms with Gasteiger partial charge in [-0.15, -0.1) is 11.3 Å². The SMILES string of the molecule is CC1CCCC1C(N)c1cnc(C(F)(F)F)s1. The number of nitrogens with zero attached hydrogens (tertiary/aromatic N) is 1. The third-order valence-electron chi connectivity index (χ3n) is 3.48. The van der Waals surface area contributed by atoms with Crippen LogP contribution in [0.2, 0.25) is 0 Å². The summed E-state index contributed by atoms with van der Waals surface area (Å²) in [7, 11) is 0. The third-order valence-corrected chi connectivity index (χ3v) is 4.63. The van der Waals surface area contributed by atoms with Crippen molar-refractivity contribution >= 4 is 11.3 Å². The molecular formula is C11H15F3N2S. The summed E-state index contributed by atoms with van der Waals surface area (Å²) in [5.41, 5.74) is 6.05. The van der Waals surface area contributed by atoms with E-state index in [0.717, 1.165) is 19.3 Å². The Kier molecular flexibility index (Phi) is 3.45. The highest BCUT2D eigenvalue weighted by atomic mass is 32.1. The van der Waals surface area contributed by atoms with Gasteiger partial charge < -0.3 is 5.73 Å². The van der Waals surface area contributed by atoms with Crippen LogP contribution < -0.4 is 5.73 Å². The largest absolute Gasteiger partial charge is 0.443 e. The Morgan fingerprint density at radius 3 is 2.65 bits per heavy atom. The normalized spacial score (nSPS) is 27.4. The lowest BCUT2D eigenvalue weighted by Crippen LogP contribution is -2.22. The van der Waals surface area contributed by atoms with Crippen LogP contribution in [0.1, 0.15) is 42.1 Å². The van der Waals surface area contributed by atoms with Crippen molar-refractivity contribution in [3.05, 3.63) is 16.1 Å².